The van der Waals surface area contributed by atoms with Crippen molar-refractivity contribution in [2.24, 2.45) is 0 Å². The van der Waals surface area contributed by atoms with Crippen molar-refractivity contribution in [2.45, 2.75) is 13.0 Å². The maximum atomic E-state index is 12.9. The summed E-state index contributed by atoms with van der Waals surface area (Å²) in [6.45, 7) is 3.53. The standard InChI is InChI=1S/C19H20FNO3/c1-14-2-4-15(5-3-14)18-12-21(10-11-23-18)19(22)13-24-17-8-6-16(20)7-9-17/h2-9,18H,10-13H2,1H3. The van der Waals surface area contributed by atoms with Gasteiger partial charge in [-0.2, -0.15) is 0 Å². The van der Waals surface area contributed by atoms with Crippen molar-refractivity contribution in [2.75, 3.05) is 26.3 Å². The number of aryl methyl sites for hydroxylation is 1. The van der Waals surface area contributed by atoms with Crippen LogP contribution in [0.15, 0.2) is 48.5 Å². The van der Waals surface area contributed by atoms with Crippen LogP contribution in [0.3, 0.4) is 0 Å². The molecule has 0 radical (unpaired) electrons. The van der Waals surface area contributed by atoms with Gasteiger partial charge in [0.15, 0.2) is 6.61 Å². The molecule has 1 aliphatic rings. The fraction of sp³-hybridized carbons (Fsp3) is 0.316. The number of hydrogen-bond acceptors (Lipinski definition) is 3. The molecule has 0 saturated carbocycles. The summed E-state index contributed by atoms with van der Waals surface area (Å²) < 4.78 is 24.1. The second kappa shape index (κ2) is 7.45. The predicted molar refractivity (Wildman–Crippen MR) is 88.3 cm³/mol. The summed E-state index contributed by atoms with van der Waals surface area (Å²) in [5.74, 6) is 0.0515. The van der Waals surface area contributed by atoms with E-state index in [0.29, 0.717) is 25.4 Å². The van der Waals surface area contributed by atoms with Crippen LogP contribution in [0.1, 0.15) is 17.2 Å². The van der Waals surface area contributed by atoms with Crippen LogP contribution in [0, 0.1) is 12.7 Å². The second-order valence-electron chi connectivity index (χ2n) is 5.85. The van der Waals surface area contributed by atoms with Crippen LogP contribution in [0.4, 0.5) is 4.39 Å². The topological polar surface area (TPSA) is 38.8 Å². The summed E-state index contributed by atoms with van der Waals surface area (Å²) in [5.41, 5.74) is 2.26. The van der Waals surface area contributed by atoms with Gasteiger partial charge >= 0.3 is 0 Å². The maximum Gasteiger partial charge on any atom is 0.260 e. The van der Waals surface area contributed by atoms with Crippen molar-refractivity contribution in [3.63, 3.8) is 0 Å². The average molecular weight is 329 g/mol. The monoisotopic (exact) mass is 329 g/mol. The van der Waals surface area contributed by atoms with Gasteiger partial charge in [-0.05, 0) is 36.8 Å². The minimum absolute atomic E-state index is 0.0632. The zero-order chi connectivity index (χ0) is 16.9. The van der Waals surface area contributed by atoms with Crippen LogP contribution in [0.2, 0.25) is 0 Å². The molecular formula is C19H20FNO3. The molecule has 0 spiro atoms. The quantitative estimate of drug-likeness (QED) is 0.865. The Hall–Kier alpha value is -2.40. The van der Waals surface area contributed by atoms with Crippen LogP contribution in [0.5, 0.6) is 5.75 Å². The molecule has 126 valence electrons. The third-order valence-corrected chi connectivity index (χ3v) is 4.04. The smallest absolute Gasteiger partial charge is 0.260 e. The highest BCUT2D eigenvalue weighted by atomic mass is 19.1. The first-order valence-corrected chi connectivity index (χ1v) is 7.96. The van der Waals surface area contributed by atoms with E-state index in [-0.39, 0.29) is 24.4 Å². The number of rotatable bonds is 4. The first kappa shape index (κ1) is 16.5. The lowest BCUT2D eigenvalue weighted by atomic mass is 10.1. The Bertz CT molecular complexity index is 685. The summed E-state index contributed by atoms with van der Waals surface area (Å²) in [6.07, 6.45) is -0.117. The molecule has 1 atom stereocenters. The normalized spacial score (nSPS) is 17.6. The number of benzene rings is 2. The van der Waals surface area contributed by atoms with Gasteiger partial charge in [0, 0.05) is 6.54 Å². The van der Waals surface area contributed by atoms with Crippen molar-refractivity contribution in [3.05, 3.63) is 65.5 Å². The lowest BCUT2D eigenvalue weighted by Crippen LogP contribution is -2.44. The minimum atomic E-state index is -0.331. The molecule has 24 heavy (non-hydrogen) atoms. The third-order valence-electron chi connectivity index (χ3n) is 4.04. The summed E-state index contributed by atoms with van der Waals surface area (Å²) in [6, 6.07) is 13.8. The van der Waals surface area contributed by atoms with Gasteiger partial charge in [-0.25, -0.2) is 4.39 Å². The third kappa shape index (κ3) is 4.11. The minimum Gasteiger partial charge on any atom is -0.484 e. The number of morpholine rings is 1. The fourth-order valence-electron chi connectivity index (χ4n) is 2.63. The van der Waals surface area contributed by atoms with Crippen LogP contribution in [0.25, 0.3) is 0 Å². The van der Waals surface area contributed by atoms with Crippen molar-refractivity contribution in [1.29, 1.82) is 0 Å². The number of halogens is 1. The summed E-state index contributed by atoms with van der Waals surface area (Å²) in [5, 5.41) is 0. The summed E-state index contributed by atoms with van der Waals surface area (Å²) in [7, 11) is 0. The van der Waals surface area contributed by atoms with Gasteiger partial charge in [-0.3, -0.25) is 4.79 Å². The van der Waals surface area contributed by atoms with Gasteiger partial charge in [-0.15, -0.1) is 0 Å². The van der Waals surface area contributed by atoms with E-state index < -0.39 is 0 Å². The molecule has 1 fully saturated rings. The fourth-order valence-corrected chi connectivity index (χ4v) is 2.63. The summed E-state index contributed by atoms with van der Waals surface area (Å²) in [4.78, 5) is 14.1. The molecule has 1 aliphatic heterocycles. The highest BCUT2D eigenvalue weighted by Gasteiger charge is 2.25. The highest BCUT2D eigenvalue weighted by molar-refractivity contribution is 5.78. The molecule has 5 heteroatoms. The van der Waals surface area contributed by atoms with E-state index in [4.69, 9.17) is 9.47 Å². The maximum absolute atomic E-state index is 12.9. The SMILES string of the molecule is Cc1ccc(C2CN(C(=O)COc3ccc(F)cc3)CCO2)cc1. The van der Waals surface area contributed by atoms with Gasteiger partial charge < -0.3 is 14.4 Å². The van der Waals surface area contributed by atoms with Gasteiger partial charge in [0.25, 0.3) is 5.91 Å². The Balaban J connectivity index is 1.56. The van der Waals surface area contributed by atoms with Crippen LogP contribution < -0.4 is 4.74 Å². The Labute approximate surface area is 140 Å². The summed E-state index contributed by atoms with van der Waals surface area (Å²) >= 11 is 0. The Morgan fingerprint density at radius 1 is 1.21 bits per heavy atom. The number of ether oxygens (including phenoxy) is 2. The Morgan fingerprint density at radius 2 is 1.92 bits per heavy atom. The van der Waals surface area contributed by atoms with E-state index >= 15 is 0 Å². The van der Waals surface area contributed by atoms with E-state index in [2.05, 4.69) is 0 Å². The van der Waals surface area contributed by atoms with E-state index in [1.165, 1.54) is 29.8 Å². The van der Waals surface area contributed by atoms with Gasteiger partial charge in [-0.1, -0.05) is 29.8 Å². The number of hydrogen-bond donors (Lipinski definition) is 0. The molecule has 0 N–H and O–H groups in total. The first-order valence-electron chi connectivity index (χ1n) is 7.96. The molecule has 0 bridgehead atoms. The van der Waals surface area contributed by atoms with E-state index in [1.54, 1.807) is 4.90 Å². The number of carbonyl (C=O) groups excluding carboxylic acids is 1. The van der Waals surface area contributed by atoms with E-state index in [1.807, 2.05) is 31.2 Å². The van der Waals surface area contributed by atoms with Crippen molar-refractivity contribution in [1.82, 2.24) is 4.90 Å². The van der Waals surface area contributed by atoms with E-state index in [9.17, 15) is 9.18 Å². The Morgan fingerprint density at radius 3 is 2.62 bits per heavy atom. The molecule has 2 aromatic rings. The molecule has 1 saturated heterocycles. The van der Waals surface area contributed by atoms with Gasteiger partial charge in [0.05, 0.1) is 13.2 Å². The Kier molecular flexibility index (Phi) is 5.11. The zero-order valence-electron chi connectivity index (χ0n) is 13.6. The molecule has 1 unspecified atom stereocenters. The lowest BCUT2D eigenvalue weighted by Gasteiger charge is -2.33. The van der Waals surface area contributed by atoms with E-state index in [0.717, 1.165) is 5.56 Å². The van der Waals surface area contributed by atoms with Crippen molar-refractivity contribution < 1.29 is 18.7 Å². The first-order chi connectivity index (χ1) is 11.6. The molecule has 0 aromatic heterocycles. The molecule has 1 heterocycles. The van der Waals surface area contributed by atoms with Gasteiger partial charge in [0.2, 0.25) is 0 Å². The highest BCUT2D eigenvalue weighted by Crippen LogP contribution is 2.22. The van der Waals surface area contributed by atoms with Gasteiger partial charge in [0.1, 0.15) is 17.7 Å². The molecule has 0 aliphatic carbocycles. The van der Waals surface area contributed by atoms with Crippen LogP contribution in [-0.2, 0) is 9.53 Å². The van der Waals surface area contributed by atoms with Crippen molar-refractivity contribution in [3.8, 4) is 5.75 Å². The number of carbonyl (C=O) groups is 1. The van der Waals surface area contributed by atoms with Crippen molar-refractivity contribution >= 4 is 5.91 Å². The second-order valence-corrected chi connectivity index (χ2v) is 5.85. The van der Waals surface area contributed by atoms with Crippen LogP contribution >= 0.6 is 0 Å². The largest absolute Gasteiger partial charge is 0.484 e. The lowest BCUT2D eigenvalue weighted by molar-refractivity contribution is -0.141. The molecule has 2 aromatic carbocycles. The average Bonchev–Trinajstić information content (AvgIpc) is 2.62. The van der Waals surface area contributed by atoms with Crippen LogP contribution in [-0.4, -0.2) is 37.1 Å². The molecule has 4 nitrogen and oxygen atoms in total. The predicted octanol–water partition coefficient (Wildman–Crippen LogP) is 3.11. The molecule has 1 amide bonds. The zero-order valence-corrected chi connectivity index (χ0v) is 13.6. The number of amides is 1. The number of nitrogens with zero attached hydrogens (tertiary/aromatic N) is 1. The molecular weight excluding hydrogens is 309 g/mol. The molecule has 3 rings (SSSR count).